The first kappa shape index (κ1) is 23.1. The highest BCUT2D eigenvalue weighted by Gasteiger charge is 2.56. The fraction of sp³-hybridized carbons (Fsp3) is 0.320. The van der Waals surface area contributed by atoms with Crippen LogP contribution in [-0.2, 0) is 36.9 Å². The largest absolute Gasteiger partial charge is 0.456 e. The number of rotatable bonds is 7. The molecule has 8 heteroatoms. The molecule has 3 atom stereocenters. The van der Waals surface area contributed by atoms with E-state index in [9.17, 15) is 14.4 Å². The summed E-state index contributed by atoms with van der Waals surface area (Å²) in [5.74, 6) is -1.15. The van der Waals surface area contributed by atoms with Crippen molar-refractivity contribution in [2.45, 2.75) is 43.7 Å². The Balaban J connectivity index is 1.45. The van der Waals surface area contributed by atoms with Gasteiger partial charge in [0.05, 0.1) is 6.42 Å². The number of nitrogens with zero attached hydrogens (tertiary/aromatic N) is 1. The summed E-state index contributed by atoms with van der Waals surface area (Å²) in [6, 6.07) is 16.3. The van der Waals surface area contributed by atoms with Crippen molar-refractivity contribution in [3.05, 3.63) is 82.6 Å². The van der Waals surface area contributed by atoms with Crippen LogP contribution >= 0.6 is 11.8 Å². The van der Waals surface area contributed by atoms with E-state index in [0.29, 0.717) is 5.57 Å². The molecule has 7 nitrogen and oxygen atoms in total. The highest BCUT2D eigenvalue weighted by Crippen LogP contribution is 2.44. The maximum atomic E-state index is 13.0. The smallest absolute Gasteiger partial charge is 0.355 e. The normalized spacial score (nSPS) is 21.8. The van der Waals surface area contributed by atoms with Gasteiger partial charge < -0.3 is 14.8 Å². The summed E-state index contributed by atoms with van der Waals surface area (Å²) in [4.78, 5) is 39.9. The molecule has 0 aromatic heterocycles. The molecule has 2 amide bonds. The molecular weight excluding hydrogens is 440 g/mol. The highest BCUT2D eigenvalue weighted by atomic mass is 32.2. The zero-order valence-electron chi connectivity index (χ0n) is 18.7. The Morgan fingerprint density at radius 3 is 2.39 bits per heavy atom. The van der Waals surface area contributed by atoms with E-state index in [1.54, 1.807) is 14.0 Å². The fourth-order valence-electron chi connectivity index (χ4n) is 3.90. The maximum absolute atomic E-state index is 13.0. The van der Waals surface area contributed by atoms with E-state index in [0.717, 1.165) is 16.7 Å². The molecule has 2 aliphatic rings. The molecular formula is C25H26N2O5S. The van der Waals surface area contributed by atoms with Crippen LogP contribution in [0, 0.1) is 6.92 Å². The molecule has 1 fully saturated rings. The number of esters is 1. The minimum Gasteiger partial charge on any atom is -0.456 e. The average Bonchev–Trinajstić information content (AvgIpc) is 2.83. The average molecular weight is 467 g/mol. The first-order chi connectivity index (χ1) is 15.9. The third-order valence-corrected chi connectivity index (χ3v) is 7.25. The zero-order valence-corrected chi connectivity index (χ0v) is 19.6. The lowest BCUT2D eigenvalue weighted by molar-refractivity contribution is -0.153. The summed E-state index contributed by atoms with van der Waals surface area (Å²) in [7, 11) is 1.55. The monoisotopic (exact) mass is 466 g/mol. The van der Waals surface area contributed by atoms with Crippen molar-refractivity contribution in [3.63, 3.8) is 0 Å². The van der Waals surface area contributed by atoms with E-state index in [4.69, 9.17) is 9.47 Å². The number of β-lactam (4-membered cyclic amide) rings is 1. The third kappa shape index (κ3) is 4.82. The van der Waals surface area contributed by atoms with E-state index in [1.807, 2.05) is 61.5 Å². The van der Waals surface area contributed by atoms with Crippen LogP contribution in [0.2, 0.25) is 0 Å². The first-order valence-corrected chi connectivity index (χ1v) is 11.6. The van der Waals surface area contributed by atoms with Crippen LogP contribution in [0.5, 0.6) is 0 Å². The van der Waals surface area contributed by atoms with Crippen molar-refractivity contribution >= 4 is 29.5 Å². The minimum atomic E-state index is -0.726. The van der Waals surface area contributed by atoms with Crippen LogP contribution in [0.15, 0.2) is 65.9 Å². The summed E-state index contributed by atoms with van der Waals surface area (Å²) in [6.45, 7) is 3.84. The summed E-state index contributed by atoms with van der Waals surface area (Å²) in [6.07, 6.45) is 0.177. The molecule has 1 saturated heterocycles. The molecule has 2 aromatic carbocycles. The highest BCUT2D eigenvalue weighted by molar-refractivity contribution is 8.00. The van der Waals surface area contributed by atoms with Crippen LogP contribution in [0.3, 0.4) is 0 Å². The summed E-state index contributed by atoms with van der Waals surface area (Å²) < 4.78 is 11.0. The number of benzene rings is 2. The van der Waals surface area contributed by atoms with Gasteiger partial charge in [0.25, 0.3) is 5.91 Å². The van der Waals surface area contributed by atoms with Crippen LogP contribution in [-0.4, -0.2) is 46.6 Å². The molecule has 1 N–H and O–H groups in total. The second kappa shape index (κ2) is 9.80. The number of methoxy groups -OCH3 is 1. The van der Waals surface area contributed by atoms with Gasteiger partial charge in [-0.2, -0.15) is 0 Å². The Labute approximate surface area is 197 Å². The molecule has 33 heavy (non-hydrogen) atoms. The summed E-state index contributed by atoms with van der Waals surface area (Å²) in [5.41, 5.74) is 3.22. The molecule has 2 heterocycles. The molecule has 2 aliphatic heterocycles. The van der Waals surface area contributed by atoms with Gasteiger partial charge in [0.1, 0.15) is 29.2 Å². The number of amides is 2. The van der Waals surface area contributed by atoms with Crippen molar-refractivity contribution in [3.8, 4) is 0 Å². The van der Waals surface area contributed by atoms with Gasteiger partial charge in [-0.1, -0.05) is 71.9 Å². The third-order valence-electron chi connectivity index (χ3n) is 5.70. The Bertz CT molecular complexity index is 1080. The van der Waals surface area contributed by atoms with Crippen molar-refractivity contribution in [2.24, 2.45) is 0 Å². The molecule has 172 valence electrons. The second-order valence-electron chi connectivity index (χ2n) is 8.10. The van der Waals surface area contributed by atoms with E-state index in [1.165, 1.54) is 16.7 Å². The Morgan fingerprint density at radius 1 is 1.03 bits per heavy atom. The molecule has 2 aromatic rings. The number of carbonyl (C=O) groups is 3. The summed E-state index contributed by atoms with van der Waals surface area (Å²) >= 11 is 1.39. The Kier molecular flexibility index (Phi) is 6.85. The van der Waals surface area contributed by atoms with Gasteiger partial charge >= 0.3 is 5.97 Å². The van der Waals surface area contributed by atoms with Crippen LogP contribution in [0.1, 0.15) is 23.6 Å². The predicted octanol–water partition coefficient (Wildman–Crippen LogP) is 2.93. The molecule has 0 bridgehead atoms. The number of thioether (sulfide) groups is 1. The SMILES string of the molecule is CO[C@H]1S[C@@H]2[C@@H](NC(=O)Cc3ccc(C)cc3)C(=O)N2C(C(=O)OCc2ccccc2)=C1C. The molecule has 0 aliphatic carbocycles. The number of fused-ring (bicyclic) bond motifs is 1. The van der Waals surface area contributed by atoms with Gasteiger partial charge in [-0.3, -0.25) is 14.5 Å². The minimum absolute atomic E-state index is 0.102. The van der Waals surface area contributed by atoms with Crippen LogP contribution in [0.4, 0.5) is 0 Å². The Morgan fingerprint density at radius 2 is 1.73 bits per heavy atom. The van der Waals surface area contributed by atoms with Gasteiger partial charge in [-0.25, -0.2) is 4.79 Å². The molecule has 0 unspecified atom stereocenters. The molecule has 0 radical (unpaired) electrons. The van der Waals surface area contributed by atoms with Gasteiger partial charge in [0.15, 0.2) is 0 Å². The number of carbonyl (C=O) groups excluding carboxylic acids is 3. The topological polar surface area (TPSA) is 84.9 Å². The number of hydrogen-bond acceptors (Lipinski definition) is 6. The maximum Gasteiger partial charge on any atom is 0.355 e. The van der Waals surface area contributed by atoms with Gasteiger partial charge in [0.2, 0.25) is 5.91 Å². The van der Waals surface area contributed by atoms with Crippen molar-refractivity contribution in [1.29, 1.82) is 0 Å². The van der Waals surface area contributed by atoms with E-state index in [2.05, 4.69) is 5.32 Å². The van der Waals surface area contributed by atoms with Crippen LogP contribution < -0.4 is 5.32 Å². The number of ether oxygens (including phenoxy) is 2. The second-order valence-corrected chi connectivity index (χ2v) is 9.29. The fourth-order valence-corrected chi connectivity index (χ4v) is 5.26. The molecule has 0 spiro atoms. The number of hydrogen-bond donors (Lipinski definition) is 1. The van der Waals surface area contributed by atoms with E-state index < -0.39 is 22.8 Å². The summed E-state index contributed by atoms with van der Waals surface area (Å²) in [5, 5.41) is 2.39. The standard InChI is InChI=1S/C25H26N2O5S/c1-15-9-11-17(12-10-15)13-19(28)26-20-22(29)27-21(16(2)25(31-3)33-23(20)27)24(30)32-14-18-7-5-4-6-8-18/h4-12,20,23,25H,13-14H2,1-3H3,(H,26,28)/t20-,23+,25-/m0/s1. The quantitative estimate of drug-likeness (QED) is 0.499. The van der Waals surface area contributed by atoms with Gasteiger partial charge in [-0.05, 0) is 30.5 Å². The van der Waals surface area contributed by atoms with Crippen LogP contribution in [0.25, 0.3) is 0 Å². The lowest BCUT2D eigenvalue weighted by Gasteiger charge is -2.51. The van der Waals surface area contributed by atoms with Gasteiger partial charge in [0, 0.05) is 7.11 Å². The van der Waals surface area contributed by atoms with Crippen molar-refractivity contribution < 1.29 is 23.9 Å². The van der Waals surface area contributed by atoms with Crippen molar-refractivity contribution in [1.82, 2.24) is 10.2 Å². The first-order valence-electron chi connectivity index (χ1n) is 10.7. The number of aryl methyl sites for hydroxylation is 1. The lowest BCUT2D eigenvalue weighted by atomic mass is 10.0. The van der Waals surface area contributed by atoms with E-state index >= 15 is 0 Å². The Hall–Kier alpha value is -3.10. The number of nitrogens with one attached hydrogen (secondary N) is 1. The van der Waals surface area contributed by atoms with Gasteiger partial charge in [-0.15, -0.1) is 0 Å². The van der Waals surface area contributed by atoms with Crippen molar-refractivity contribution in [2.75, 3.05) is 7.11 Å². The predicted molar refractivity (Wildman–Crippen MR) is 125 cm³/mol. The zero-order chi connectivity index (χ0) is 23.5. The van der Waals surface area contributed by atoms with E-state index in [-0.39, 0.29) is 30.5 Å². The lowest BCUT2D eigenvalue weighted by Crippen LogP contribution is -2.71. The molecule has 4 rings (SSSR count). The molecule has 0 saturated carbocycles.